The molecule has 0 radical (unpaired) electrons. The number of nitrogens with two attached hydrogens (primary N) is 1. The van der Waals surface area contributed by atoms with Gasteiger partial charge in [0.15, 0.2) is 0 Å². The SMILES string of the molecule is CSCCCNc1cccc(S(=O)(=O)N(C)C)c1N. The van der Waals surface area contributed by atoms with Crippen LogP contribution in [0.15, 0.2) is 23.1 Å². The van der Waals surface area contributed by atoms with E-state index in [-0.39, 0.29) is 10.6 Å². The van der Waals surface area contributed by atoms with E-state index >= 15 is 0 Å². The topological polar surface area (TPSA) is 75.4 Å². The molecule has 1 aromatic rings. The van der Waals surface area contributed by atoms with Crippen molar-refractivity contribution in [2.75, 3.05) is 43.7 Å². The Kier molecular flexibility index (Phi) is 5.96. The number of rotatable bonds is 7. The smallest absolute Gasteiger partial charge is 0.244 e. The van der Waals surface area contributed by atoms with Crippen LogP contribution in [0.4, 0.5) is 11.4 Å². The fourth-order valence-corrected chi connectivity index (χ4v) is 3.02. The van der Waals surface area contributed by atoms with Gasteiger partial charge in [0.25, 0.3) is 0 Å². The molecule has 0 aliphatic heterocycles. The van der Waals surface area contributed by atoms with Crippen LogP contribution in [0.5, 0.6) is 0 Å². The summed E-state index contributed by atoms with van der Waals surface area (Å²) < 4.78 is 25.4. The van der Waals surface area contributed by atoms with Crippen LogP contribution in [0.2, 0.25) is 0 Å². The number of nitrogens with one attached hydrogen (secondary N) is 1. The summed E-state index contributed by atoms with van der Waals surface area (Å²) in [6.45, 7) is 0.774. The Morgan fingerprint density at radius 3 is 2.63 bits per heavy atom. The molecule has 7 heteroatoms. The molecule has 0 saturated heterocycles. The zero-order valence-electron chi connectivity index (χ0n) is 11.5. The Bertz CT molecular complexity index is 516. The molecule has 1 rings (SSSR count). The van der Waals surface area contributed by atoms with Crippen LogP contribution in [0.1, 0.15) is 6.42 Å². The van der Waals surface area contributed by atoms with Crippen LogP contribution in [-0.4, -0.2) is 45.4 Å². The monoisotopic (exact) mass is 303 g/mol. The van der Waals surface area contributed by atoms with Crippen molar-refractivity contribution in [3.05, 3.63) is 18.2 Å². The number of nitrogens with zero attached hydrogens (tertiary/aromatic N) is 1. The van der Waals surface area contributed by atoms with Crippen molar-refractivity contribution in [1.82, 2.24) is 4.31 Å². The largest absolute Gasteiger partial charge is 0.396 e. The normalized spacial score (nSPS) is 11.8. The quantitative estimate of drug-likeness (QED) is 0.592. The maximum absolute atomic E-state index is 12.1. The first-order chi connectivity index (χ1) is 8.91. The fourth-order valence-electron chi connectivity index (χ4n) is 1.56. The molecular formula is C12H21N3O2S2. The number of sulfonamides is 1. The van der Waals surface area contributed by atoms with Gasteiger partial charge >= 0.3 is 0 Å². The van der Waals surface area contributed by atoms with Crippen molar-refractivity contribution in [3.8, 4) is 0 Å². The minimum Gasteiger partial charge on any atom is -0.396 e. The van der Waals surface area contributed by atoms with Crippen molar-refractivity contribution >= 4 is 33.2 Å². The second kappa shape index (κ2) is 7.02. The summed E-state index contributed by atoms with van der Waals surface area (Å²) in [6, 6.07) is 5.02. The maximum Gasteiger partial charge on any atom is 0.244 e. The van der Waals surface area contributed by atoms with E-state index in [9.17, 15) is 8.42 Å². The number of benzene rings is 1. The summed E-state index contributed by atoms with van der Waals surface area (Å²) in [5.41, 5.74) is 6.90. The van der Waals surface area contributed by atoms with Crippen LogP contribution in [0.3, 0.4) is 0 Å². The molecule has 0 amide bonds. The number of para-hydroxylation sites is 1. The zero-order chi connectivity index (χ0) is 14.5. The lowest BCUT2D eigenvalue weighted by Gasteiger charge is -2.16. The number of nitrogen functional groups attached to an aromatic ring is 1. The van der Waals surface area contributed by atoms with Gasteiger partial charge in [-0.15, -0.1) is 0 Å². The molecule has 19 heavy (non-hydrogen) atoms. The van der Waals surface area contributed by atoms with E-state index in [1.807, 2.05) is 0 Å². The lowest BCUT2D eigenvalue weighted by molar-refractivity contribution is 0.521. The van der Waals surface area contributed by atoms with Crippen molar-refractivity contribution in [3.63, 3.8) is 0 Å². The van der Waals surface area contributed by atoms with E-state index in [0.717, 1.165) is 23.0 Å². The number of thioether (sulfide) groups is 1. The van der Waals surface area contributed by atoms with Gasteiger partial charge in [-0.1, -0.05) is 6.07 Å². The van der Waals surface area contributed by atoms with E-state index in [1.54, 1.807) is 23.9 Å². The molecule has 0 aliphatic rings. The first kappa shape index (κ1) is 16.1. The number of anilines is 2. The molecule has 0 bridgehead atoms. The van der Waals surface area contributed by atoms with Gasteiger partial charge in [-0.2, -0.15) is 11.8 Å². The molecule has 0 aromatic heterocycles. The fraction of sp³-hybridized carbons (Fsp3) is 0.500. The molecular weight excluding hydrogens is 282 g/mol. The molecule has 0 heterocycles. The third-order valence-corrected chi connectivity index (χ3v) is 5.24. The molecule has 0 unspecified atom stereocenters. The molecule has 3 N–H and O–H groups in total. The summed E-state index contributed by atoms with van der Waals surface area (Å²) in [7, 11) is -0.514. The highest BCUT2D eigenvalue weighted by Gasteiger charge is 2.21. The maximum atomic E-state index is 12.1. The Labute approximate surface area is 119 Å². The van der Waals surface area contributed by atoms with Crippen molar-refractivity contribution < 1.29 is 8.42 Å². The Morgan fingerprint density at radius 1 is 1.37 bits per heavy atom. The predicted octanol–water partition coefficient (Wildman–Crippen LogP) is 1.68. The van der Waals surface area contributed by atoms with Gasteiger partial charge in [0.05, 0.1) is 11.4 Å². The van der Waals surface area contributed by atoms with E-state index in [4.69, 9.17) is 5.73 Å². The molecule has 0 atom stereocenters. The lowest BCUT2D eigenvalue weighted by atomic mass is 10.2. The van der Waals surface area contributed by atoms with Crippen LogP contribution in [-0.2, 0) is 10.0 Å². The Balaban J connectivity index is 2.93. The molecule has 0 spiro atoms. The van der Waals surface area contributed by atoms with Crippen molar-refractivity contribution in [1.29, 1.82) is 0 Å². The van der Waals surface area contributed by atoms with Crippen LogP contribution in [0, 0.1) is 0 Å². The number of hydrogen-bond acceptors (Lipinski definition) is 5. The van der Waals surface area contributed by atoms with E-state index in [2.05, 4.69) is 11.6 Å². The van der Waals surface area contributed by atoms with Crippen LogP contribution < -0.4 is 11.1 Å². The molecule has 5 nitrogen and oxygen atoms in total. The summed E-state index contributed by atoms with van der Waals surface area (Å²) >= 11 is 1.78. The first-order valence-corrected chi connectivity index (χ1v) is 8.78. The highest BCUT2D eigenvalue weighted by atomic mass is 32.2. The highest BCUT2D eigenvalue weighted by molar-refractivity contribution is 7.98. The van der Waals surface area contributed by atoms with Gasteiger partial charge in [0.1, 0.15) is 4.90 Å². The first-order valence-electron chi connectivity index (χ1n) is 5.95. The van der Waals surface area contributed by atoms with Gasteiger partial charge in [-0.25, -0.2) is 12.7 Å². The van der Waals surface area contributed by atoms with Crippen molar-refractivity contribution in [2.45, 2.75) is 11.3 Å². The predicted molar refractivity (Wildman–Crippen MR) is 83.2 cm³/mol. The van der Waals surface area contributed by atoms with E-state index < -0.39 is 10.0 Å². The number of hydrogen-bond donors (Lipinski definition) is 2. The zero-order valence-corrected chi connectivity index (χ0v) is 13.1. The molecule has 0 saturated carbocycles. The summed E-state index contributed by atoms with van der Waals surface area (Å²) in [5, 5.41) is 3.18. The summed E-state index contributed by atoms with van der Waals surface area (Å²) in [4.78, 5) is 0.146. The van der Waals surface area contributed by atoms with Gasteiger partial charge in [-0.05, 0) is 30.6 Å². The molecule has 0 fully saturated rings. The minimum atomic E-state index is -3.50. The van der Waals surface area contributed by atoms with Gasteiger partial charge < -0.3 is 11.1 Å². The Morgan fingerprint density at radius 2 is 2.05 bits per heavy atom. The molecule has 108 valence electrons. The highest BCUT2D eigenvalue weighted by Crippen LogP contribution is 2.28. The van der Waals surface area contributed by atoms with Crippen molar-refractivity contribution in [2.24, 2.45) is 0 Å². The van der Waals surface area contributed by atoms with Gasteiger partial charge in [0.2, 0.25) is 10.0 Å². The third-order valence-electron chi connectivity index (χ3n) is 2.67. The summed E-state index contributed by atoms with van der Waals surface area (Å²) in [6.07, 6.45) is 3.06. The average Bonchev–Trinajstić information content (AvgIpc) is 2.36. The van der Waals surface area contributed by atoms with E-state index in [0.29, 0.717) is 5.69 Å². The van der Waals surface area contributed by atoms with E-state index in [1.165, 1.54) is 20.2 Å². The van der Waals surface area contributed by atoms with Crippen LogP contribution in [0.25, 0.3) is 0 Å². The minimum absolute atomic E-state index is 0.146. The van der Waals surface area contributed by atoms with Gasteiger partial charge in [0, 0.05) is 20.6 Å². The second-order valence-electron chi connectivity index (χ2n) is 4.28. The second-order valence-corrected chi connectivity index (χ2v) is 7.38. The molecule has 1 aromatic carbocycles. The average molecular weight is 303 g/mol. The molecule has 0 aliphatic carbocycles. The Hall–Kier alpha value is -0.920. The van der Waals surface area contributed by atoms with Gasteiger partial charge in [-0.3, -0.25) is 0 Å². The standard InChI is InChI=1S/C12H21N3O2S2/c1-15(2)19(16,17)11-7-4-6-10(12(11)13)14-8-5-9-18-3/h4,6-7,14H,5,8-9,13H2,1-3H3. The summed E-state index contributed by atoms with van der Waals surface area (Å²) in [5.74, 6) is 1.06. The lowest BCUT2D eigenvalue weighted by Crippen LogP contribution is -2.23. The third kappa shape index (κ3) is 4.02. The van der Waals surface area contributed by atoms with Crippen LogP contribution >= 0.6 is 11.8 Å².